The van der Waals surface area contributed by atoms with E-state index in [1.54, 1.807) is 12.1 Å². The SMILES string of the molecule is O=C1CC(c2cccc(O)c2)S(=O)(=O)N1. The summed E-state index contributed by atoms with van der Waals surface area (Å²) in [6.07, 6.45) is -0.0915. The minimum Gasteiger partial charge on any atom is -0.508 e. The van der Waals surface area contributed by atoms with Crippen molar-refractivity contribution in [2.75, 3.05) is 0 Å². The molecular weight excluding hydrogens is 218 g/mol. The summed E-state index contributed by atoms with van der Waals surface area (Å²) in [4.78, 5) is 11.0. The molecule has 0 radical (unpaired) electrons. The number of benzene rings is 1. The quantitative estimate of drug-likeness (QED) is 0.722. The molecular formula is C9H9NO4S. The van der Waals surface area contributed by atoms with Crippen LogP contribution < -0.4 is 4.72 Å². The topological polar surface area (TPSA) is 83.5 Å². The summed E-state index contributed by atoms with van der Waals surface area (Å²) in [5.41, 5.74) is 0.424. The monoisotopic (exact) mass is 227 g/mol. The third-order valence-electron chi connectivity index (χ3n) is 2.24. The standard InChI is InChI=1S/C9H9NO4S/c11-7-3-1-2-6(4-7)8-5-9(12)10-15(8,13)14/h1-4,8,11H,5H2,(H,10,12). The van der Waals surface area contributed by atoms with Crippen LogP contribution in [0, 0.1) is 0 Å². The molecule has 2 rings (SSSR count). The summed E-state index contributed by atoms with van der Waals surface area (Å²) >= 11 is 0. The first-order valence-electron chi connectivity index (χ1n) is 4.32. The third-order valence-corrected chi connectivity index (χ3v) is 3.94. The molecule has 0 spiro atoms. The number of amides is 1. The van der Waals surface area contributed by atoms with Crippen LogP contribution in [0.3, 0.4) is 0 Å². The van der Waals surface area contributed by atoms with Gasteiger partial charge in [0.05, 0.1) is 6.42 Å². The van der Waals surface area contributed by atoms with E-state index >= 15 is 0 Å². The van der Waals surface area contributed by atoms with E-state index in [-0.39, 0.29) is 12.2 Å². The number of aromatic hydroxyl groups is 1. The van der Waals surface area contributed by atoms with E-state index in [2.05, 4.69) is 0 Å². The maximum atomic E-state index is 11.5. The summed E-state index contributed by atoms with van der Waals surface area (Å²) in [6, 6.07) is 5.91. The molecule has 1 amide bonds. The van der Waals surface area contributed by atoms with Crippen molar-refractivity contribution in [1.29, 1.82) is 0 Å². The number of phenolic OH excluding ortho intramolecular Hbond substituents is 1. The molecule has 2 N–H and O–H groups in total. The van der Waals surface area contributed by atoms with Gasteiger partial charge >= 0.3 is 0 Å². The molecule has 1 aliphatic heterocycles. The lowest BCUT2D eigenvalue weighted by Crippen LogP contribution is -2.21. The van der Waals surface area contributed by atoms with Crippen LogP contribution in [0.1, 0.15) is 17.2 Å². The van der Waals surface area contributed by atoms with Gasteiger partial charge in [-0.15, -0.1) is 0 Å². The van der Waals surface area contributed by atoms with Crippen molar-refractivity contribution >= 4 is 15.9 Å². The fraction of sp³-hybridized carbons (Fsp3) is 0.222. The van der Waals surface area contributed by atoms with Crippen molar-refractivity contribution in [1.82, 2.24) is 4.72 Å². The van der Waals surface area contributed by atoms with Gasteiger partial charge in [-0.1, -0.05) is 12.1 Å². The van der Waals surface area contributed by atoms with Crippen LogP contribution in [0.15, 0.2) is 24.3 Å². The molecule has 1 aromatic carbocycles. The zero-order valence-electron chi connectivity index (χ0n) is 7.67. The molecule has 1 aromatic rings. The van der Waals surface area contributed by atoms with Gasteiger partial charge in [0.15, 0.2) is 0 Å². The number of rotatable bonds is 1. The average Bonchev–Trinajstić information content (AvgIpc) is 2.39. The van der Waals surface area contributed by atoms with Crippen LogP contribution in [0.25, 0.3) is 0 Å². The van der Waals surface area contributed by atoms with Crippen LogP contribution in [-0.4, -0.2) is 19.4 Å². The van der Waals surface area contributed by atoms with Gasteiger partial charge in [-0.25, -0.2) is 8.42 Å². The van der Waals surface area contributed by atoms with E-state index < -0.39 is 21.2 Å². The van der Waals surface area contributed by atoms with Gasteiger partial charge in [0.2, 0.25) is 15.9 Å². The first-order valence-corrected chi connectivity index (χ1v) is 5.87. The molecule has 80 valence electrons. The van der Waals surface area contributed by atoms with Gasteiger partial charge in [0, 0.05) is 0 Å². The molecule has 0 bridgehead atoms. The Hall–Kier alpha value is -1.56. The van der Waals surface area contributed by atoms with Gasteiger partial charge in [0.25, 0.3) is 0 Å². The summed E-state index contributed by atoms with van der Waals surface area (Å²) in [5, 5.41) is 8.32. The van der Waals surface area contributed by atoms with Crippen molar-refractivity contribution in [3.8, 4) is 5.75 Å². The fourth-order valence-electron chi connectivity index (χ4n) is 1.57. The number of carbonyl (C=O) groups is 1. The first kappa shape index (κ1) is 9.97. The highest BCUT2D eigenvalue weighted by Gasteiger charge is 2.37. The molecule has 1 unspecified atom stereocenters. The Kier molecular flexibility index (Phi) is 2.15. The minimum atomic E-state index is -3.62. The van der Waals surface area contributed by atoms with Crippen molar-refractivity contribution in [3.63, 3.8) is 0 Å². The number of carbonyl (C=O) groups excluding carboxylic acids is 1. The number of hydrogen-bond donors (Lipinski definition) is 2. The Balaban J connectivity index is 2.44. The maximum absolute atomic E-state index is 11.5. The van der Waals surface area contributed by atoms with Gasteiger partial charge in [-0.2, -0.15) is 0 Å². The molecule has 1 fully saturated rings. The van der Waals surface area contributed by atoms with E-state index in [4.69, 9.17) is 0 Å². The summed E-state index contributed by atoms with van der Waals surface area (Å²) < 4.78 is 24.9. The highest BCUT2D eigenvalue weighted by Crippen LogP contribution is 2.31. The van der Waals surface area contributed by atoms with Crippen LogP contribution in [-0.2, 0) is 14.8 Å². The molecule has 1 heterocycles. The molecule has 5 nitrogen and oxygen atoms in total. The highest BCUT2D eigenvalue weighted by molar-refractivity contribution is 7.90. The van der Waals surface area contributed by atoms with E-state index in [1.807, 2.05) is 4.72 Å². The third kappa shape index (κ3) is 1.80. The number of nitrogens with one attached hydrogen (secondary N) is 1. The van der Waals surface area contributed by atoms with Crippen molar-refractivity contribution in [2.45, 2.75) is 11.7 Å². The number of phenols is 1. The van der Waals surface area contributed by atoms with Gasteiger partial charge in [-0.3, -0.25) is 9.52 Å². The second-order valence-electron chi connectivity index (χ2n) is 3.36. The molecule has 6 heteroatoms. The van der Waals surface area contributed by atoms with Crippen molar-refractivity contribution in [2.24, 2.45) is 0 Å². The summed E-state index contributed by atoms with van der Waals surface area (Å²) in [7, 11) is -3.62. The fourth-order valence-corrected chi connectivity index (χ4v) is 2.99. The largest absolute Gasteiger partial charge is 0.508 e. The minimum absolute atomic E-state index is 0.0120. The van der Waals surface area contributed by atoms with Crippen molar-refractivity contribution in [3.05, 3.63) is 29.8 Å². The van der Waals surface area contributed by atoms with Crippen LogP contribution in [0.4, 0.5) is 0 Å². The van der Waals surface area contributed by atoms with Crippen LogP contribution in [0.5, 0.6) is 5.75 Å². The normalized spacial score (nSPS) is 23.7. The van der Waals surface area contributed by atoms with E-state index in [0.29, 0.717) is 5.56 Å². The van der Waals surface area contributed by atoms with E-state index in [0.717, 1.165) is 0 Å². The smallest absolute Gasteiger partial charge is 0.242 e. The zero-order valence-corrected chi connectivity index (χ0v) is 8.49. The zero-order chi connectivity index (χ0) is 11.1. The number of sulfonamides is 1. The molecule has 1 saturated heterocycles. The highest BCUT2D eigenvalue weighted by atomic mass is 32.2. The van der Waals surface area contributed by atoms with Gasteiger partial charge in [-0.05, 0) is 17.7 Å². The summed E-state index contributed by atoms with van der Waals surface area (Å²) in [6.45, 7) is 0. The second-order valence-corrected chi connectivity index (χ2v) is 5.22. The molecule has 0 aromatic heterocycles. The van der Waals surface area contributed by atoms with Gasteiger partial charge < -0.3 is 5.11 Å². The first-order chi connectivity index (χ1) is 6.99. The Morgan fingerprint density at radius 1 is 1.40 bits per heavy atom. The van der Waals surface area contributed by atoms with Gasteiger partial charge in [0.1, 0.15) is 11.0 Å². The Labute approximate surface area is 86.8 Å². The summed E-state index contributed by atoms with van der Waals surface area (Å²) in [5.74, 6) is -0.523. The van der Waals surface area contributed by atoms with Crippen molar-refractivity contribution < 1.29 is 18.3 Å². The molecule has 1 aliphatic rings. The van der Waals surface area contributed by atoms with E-state index in [1.165, 1.54) is 12.1 Å². The predicted molar refractivity (Wildman–Crippen MR) is 52.5 cm³/mol. The van der Waals surface area contributed by atoms with Crippen LogP contribution in [0.2, 0.25) is 0 Å². The Morgan fingerprint density at radius 3 is 2.67 bits per heavy atom. The molecule has 15 heavy (non-hydrogen) atoms. The lowest BCUT2D eigenvalue weighted by Gasteiger charge is -2.07. The molecule has 0 saturated carbocycles. The predicted octanol–water partition coefficient (Wildman–Crippen LogP) is 0.283. The maximum Gasteiger partial charge on any atom is 0.242 e. The second kappa shape index (κ2) is 3.23. The van der Waals surface area contributed by atoms with E-state index in [9.17, 15) is 18.3 Å². The van der Waals surface area contributed by atoms with Crippen LogP contribution >= 0.6 is 0 Å². The molecule has 0 aliphatic carbocycles. The lowest BCUT2D eigenvalue weighted by molar-refractivity contribution is -0.118. The Bertz CT molecular complexity index is 509. The Morgan fingerprint density at radius 2 is 2.13 bits per heavy atom. The average molecular weight is 227 g/mol. The molecule has 1 atom stereocenters. The number of hydrogen-bond acceptors (Lipinski definition) is 4. The lowest BCUT2D eigenvalue weighted by atomic mass is 10.1.